The minimum Gasteiger partial charge on any atom is -0.370 e. The highest BCUT2D eigenvalue weighted by molar-refractivity contribution is 7.47. The van der Waals surface area contributed by atoms with Crippen LogP contribution in [0.4, 0.5) is 0 Å². The van der Waals surface area contributed by atoms with Crippen molar-refractivity contribution >= 4 is 26.0 Å². The highest BCUT2D eigenvalue weighted by Gasteiger charge is 2.50. The Labute approximate surface area is 124 Å². The second kappa shape index (κ2) is 4.74. The van der Waals surface area contributed by atoms with Crippen molar-refractivity contribution in [2.75, 3.05) is 6.61 Å². The summed E-state index contributed by atoms with van der Waals surface area (Å²) in [5.74, 6) is -0.303. The topological polar surface area (TPSA) is 148 Å². The number of nitrogens with zero attached hydrogens (tertiary/aromatic N) is 3. The highest BCUT2D eigenvalue weighted by atomic mass is 31.2. The molecule has 0 aromatic heterocycles. The van der Waals surface area contributed by atoms with E-state index in [0.717, 1.165) is 0 Å². The summed E-state index contributed by atoms with van der Waals surface area (Å²) in [6.07, 6.45) is -0.256. The Kier molecular flexibility index (Phi) is 3.03. The maximum Gasteiger partial charge on any atom is 0.472 e. The third-order valence-corrected chi connectivity index (χ3v) is 4.94. The Morgan fingerprint density at radius 2 is 2.32 bits per heavy atom. The van der Waals surface area contributed by atoms with Gasteiger partial charge in [0.1, 0.15) is 18.4 Å². The molecule has 4 heterocycles. The van der Waals surface area contributed by atoms with Gasteiger partial charge in [-0.15, -0.1) is 0 Å². The van der Waals surface area contributed by atoms with Gasteiger partial charge in [-0.3, -0.25) is 24.2 Å². The molecule has 4 aliphatic heterocycles. The molecule has 0 aliphatic carbocycles. The van der Waals surface area contributed by atoms with E-state index in [9.17, 15) is 14.3 Å². The molecule has 1 amide bonds. The van der Waals surface area contributed by atoms with E-state index in [-0.39, 0.29) is 18.5 Å². The molecule has 2 fully saturated rings. The van der Waals surface area contributed by atoms with Crippen molar-refractivity contribution < 1.29 is 28.0 Å². The lowest BCUT2D eigenvalue weighted by atomic mass is 10.1. The summed E-state index contributed by atoms with van der Waals surface area (Å²) >= 11 is 0. The van der Waals surface area contributed by atoms with Crippen LogP contribution in [0.2, 0.25) is 0 Å². The fourth-order valence-corrected chi connectivity index (χ4v) is 3.89. The van der Waals surface area contributed by atoms with Gasteiger partial charge >= 0.3 is 7.82 Å². The lowest BCUT2D eigenvalue weighted by molar-refractivity contribution is -0.123. The molecule has 2 saturated heterocycles. The number of phosphoric ester groups is 1. The van der Waals surface area contributed by atoms with E-state index in [4.69, 9.17) is 19.5 Å². The van der Waals surface area contributed by atoms with Crippen LogP contribution in [0.25, 0.3) is 0 Å². The second-order valence-corrected chi connectivity index (χ2v) is 6.75. The SMILES string of the molecule is NC1=NC2C(N=CN2C2CC3OP(=O)(O)OCC3O2)C(=O)N1. The molecule has 4 rings (SSSR count). The first kappa shape index (κ1) is 14.1. The quantitative estimate of drug-likeness (QED) is 0.472. The fourth-order valence-electron chi connectivity index (χ4n) is 2.93. The van der Waals surface area contributed by atoms with Crippen LogP contribution >= 0.6 is 7.82 Å². The van der Waals surface area contributed by atoms with E-state index in [1.807, 2.05) is 0 Å². The lowest BCUT2D eigenvalue weighted by Crippen LogP contribution is -2.55. The summed E-state index contributed by atoms with van der Waals surface area (Å²) < 4.78 is 27.0. The number of phosphoric acid groups is 1. The van der Waals surface area contributed by atoms with E-state index in [1.54, 1.807) is 4.90 Å². The minimum absolute atomic E-state index is 0.0246. The van der Waals surface area contributed by atoms with Crippen molar-refractivity contribution in [3.05, 3.63) is 0 Å². The van der Waals surface area contributed by atoms with Gasteiger partial charge in [-0.05, 0) is 0 Å². The molecule has 6 unspecified atom stereocenters. The highest BCUT2D eigenvalue weighted by Crippen LogP contribution is 2.51. The maximum atomic E-state index is 11.8. The summed E-state index contributed by atoms with van der Waals surface area (Å²) in [6, 6.07) is -0.681. The number of nitrogens with two attached hydrogens (primary N) is 1. The van der Waals surface area contributed by atoms with Crippen molar-refractivity contribution in [3.63, 3.8) is 0 Å². The molecule has 0 radical (unpaired) electrons. The zero-order valence-electron chi connectivity index (χ0n) is 11.2. The number of carbonyl (C=O) groups excluding carboxylic acids is 1. The third kappa shape index (κ3) is 2.22. The maximum absolute atomic E-state index is 11.8. The van der Waals surface area contributed by atoms with E-state index >= 15 is 0 Å². The van der Waals surface area contributed by atoms with Crippen LogP contribution < -0.4 is 11.1 Å². The number of amides is 1. The van der Waals surface area contributed by atoms with Crippen LogP contribution in [0.5, 0.6) is 0 Å². The molecule has 4 aliphatic rings. The summed E-state index contributed by atoms with van der Waals surface area (Å²) in [4.78, 5) is 31.1. The standard InChI is InChI=1S/C10H14N5O6P/c11-10-13-8-7(9(16)14-10)12-3-15(8)6-1-4-5(20-6)2-19-22(17,18)21-4/h3-8H,1-2H2,(H,17,18)(H3,11,13,14,16). The summed E-state index contributed by atoms with van der Waals surface area (Å²) in [7, 11) is -4.01. The number of ether oxygens (including phenoxy) is 1. The normalized spacial score (nSPS) is 47.0. The summed E-state index contributed by atoms with van der Waals surface area (Å²) in [5, 5.41) is 2.42. The summed E-state index contributed by atoms with van der Waals surface area (Å²) in [6.45, 7) is -0.0279. The second-order valence-electron chi connectivity index (χ2n) is 5.35. The Morgan fingerprint density at radius 3 is 3.14 bits per heavy atom. The third-order valence-electron chi connectivity index (χ3n) is 3.92. The molecule has 120 valence electrons. The van der Waals surface area contributed by atoms with Gasteiger partial charge in [-0.2, -0.15) is 0 Å². The van der Waals surface area contributed by atoms with Gasteiger partial charge in [0.05, 0.1) is 12.9 Å². The Hall–Kier alpha value is -1.52. The van der Waals surface area contributed by atoms with Crippen molar-refractivity contribution in [2.24, 2.45) is 15.7 Å². The number of carbonyl (C=O) groups is 1. The van der Waals surface area contributed by atoms with E-state index in [1.165, 1.54) is 6.34 Å². The Bertz CT molecular complexity index is 625. The van der Waals surface area contributed by atoms with Crippen LogP contribution in [0.3, 0.4) is 0 Å². The molecule has 0 aromatic rings. The van der Waals surface area contributed by atoms with Gasteiger partial charge in [-0.1, -0.05) is 0 Å². The van der Waals surface area contributed by atoms with Gasteiger partial charge in [-0.25, -0.2) is 9.56 Å². The van der Waals surface area contributed by atoms with Crippen LogP contribution in [-0.4, -0.2) is 65.2 Å². The molecule has 4 N–H and O–H groups in total. The van der Waals surface area contributed by atoms with Gasteiger partial charge in [0.2, 0.25) is 0 Å². The van der Waals surface area contributed by atoms with Crippen molar-refractivity contribution in [1.29, 1.82) is 0 Å². The number of aliphatic imine (C=N–C) groups is 2. The number of nitrogens with one attached hydrogen (secondary N) is 1. The molecular formula is C10H14N5O6P. The molecule has 6 atom stereocenters. The van der Waals surface area contributed by atoms with Crippen LogP contribution in [-0.2, 0) is 23.1 Å². The predicted octanol–water partition coefficient (Wildman–Crippen LogP) is -1.90. The molecule has 0 aromatic carbocycles. The van der Waals surface area contributed by atoms with Crippen molar-refractivity contribution in [1.82, 2.24) is 10.2 Å². The average Bonchev–Trinajstić information content (AvgIpc) is 3.00. The first-order chi connectivity index (χ1) is 10.4. The number of guanidine groups is 1. The number of hydrogen-bond donors (Lipinski definition) is 3. The van der Waals surface area contributed by atoms with E-state index in [2.05, 4.69) is 15.3 Å². The molecule has 12 heteroatoms. The van der Waals surface area contributed by atoms with Crippen molar-refractivity contribution in [2.45, 2.75) is 37.1 Å². The zero-order chi connectivity index (χ0) is 15.5. The molecule has 22 heavy (non-hydrogen) atoms. The molecule has 11 nitrogen and oxygen atoms in total. The monoisotopic (exact) mass is 331 g/mol. The zero-order valence-corrected chi connectivity index (χ0v) is 12.1. The lowest BCUT2D eigenvalue weighted by Gasteiger charge is -2.31. The predicted molar refractivity (Wildman–Crippen MR) is 71.6 cm³/mol. The summed E-state index contributed by atoms with van der Waals surface area (Å²) in [5.41, 5.74) is 5.57. The Morgan fingerprint density at radius 1 is 1.50 bits per heavy atom. The largest absolute Gasteiger partial charge is 0.472 e. The van der Waals surface area contributed by atoms with Crippen LogP contribution in [0.1, 0.15) is 6.42 Å². The van der Waals surface area contributed by atoms with Crippen LogP contribution in [0, 0.1) is 0 Å². The first-order valence-electron chi connectivity index (χ1n) is 6.69. The fraction of sp³-hybridized carbons (Fsp3) is 0.700. The van der Waals surface area contributed by atoms with Crippen LogP contribution in [0.15, 0.2) is 9.98 Å². The van der Waals surface area contributed by atoms with Gasteiger partial charge < -0.3 is 20.3 Å². The number of rotatable bonds is 1. The van der Waals surface area contributed by atoms with Crippen molar-refractivity contribution in [3.8, 4) is 0 Å². The molecule has 0 saturated carbocycles. The smallest absolute Gasteiger partial charge is 0.370 e. The molecule has 0 bridgehead atoms. The van der Waals surface area contributed by atoms with Gasteiger partial charge in [0.15, 0.2) is 18.2 Å². The number of fused-ring (bicyclic) bond motifs is 2. The Balaban J connectivity index is 1.52. The number of hydrogen-bond acceptors (Lipinski definition) is 9. The van der Waals surface area contributed by atoms with E-state index < -0.39 is 38.5 Å². The average molecular weight is 331 g/mol. The molecule has 0 spiro atoms. The molecular weight excluding hydrogens is 317 g/mol. The van der Waals surface area contributed by atoms with E-state index in [0.29, 0.717) is 6.42 Å². The van der Waals surface area contributed by atoms with Gasteiger partial charge in [0, 0.05) is 6.42 Å². The first-order valence-corrected chi connectivity index (χ1v) is 8.18. The minimum atomic E-state index is -4.01. The van der Waals surface area contributed by atoms with Gasteiger partial charge in [0.25, 0.3) is 5.91 Å².